The van der Waals surface area contributed by atoms with Crippen molar-refractivity contribution in [1.29, 1.82) is 0 Å². The van der Waals surface area contributed by atoms with E-state index >= 15 is 0 Å². The zero-order chi connectivity index (χ0) is 30.8. The number of carbonyl (C=O) groups excluding carboxylic acids is 4. The SMILES string of the molecule is CC(C)(CCOCCNC(=O)CCN1C(=O)C=CC1=O)OCCC(C)(C)OCCC(=O)NC1CCCCCCCCC1. The highest BCUT2D eigenvalue weighted by atomic mass is 16.5. The molecule has 0 aromatic carbocycles. The van der Waals surface area contributed by atoms with Gasteiger partial charge in [0.2, 0.25) is 11.8 Å². The van der Waals surface area contributed by atoms with Crippen molar-refractivity contribution < 1.29 is 33.4 Å². The molecule has 0 unspecified atom stereocenters. The molecule has 0 saturated heterocycles. The Bertz CT molecular complexity index is 859. The third-order valence-corrected chi connectivity index (χ3v) is 7.87. The fourth-order valence-electron chi connectivity index (χ4n) is 5.03. The van der Waals surface area contributed by atoms with Gasteiger partial charge < -0.3 is 24.8 Å². The summed E-state index contributed by atoms with van der Waals surface area (Å²) in [4.78, 5) is 48.5. The van der Waals surface area contributed by atoms with Gasteiger partial charge in [-0.05, 0) is 53.4 Å². The topological polar surface area (TPSA) is 123 Å². The number of carbonyl (C=O) groups is 4. The molecule has 0 aromatic heterocycles. The van der Waals surface area contributed by atoms with Crippen LogP contribution in [0.25, 0.3) is 0 Å². The summed E-state index contributed by atoms with van der Waals surface area (Å²) >= 11 is 0. The van der Waals surface area contributed by atoms with Gasteiger partial charge in [0.1, 0.15) is 0 Å². The smallest absolute Gasteiger partial charge is 0.253 e. The number of hydrogen-bond acceptors (Lipinski definition) is 7. The van der Waals surface area contributed by atoms with Gasteiger partial charge in [0.25, 0.3) is 11.8 Å². The van der Waals surface area contributed by atoms with Gasteiger partial charge in [-0.15, -0.1) is 0 Å². The summed E-state index contributed by atoms with van der Waals surface area (Å²) < 4.78 is 17.8. The third kappa shape index (κ3) is 15.8. The van der Waals surface area contributed by atoms with E-state index in [9.17, 15) is 19.2 Å². The predicted octanol–water partition coefficient (Wildman–Crippen LogP) is 4.20. The lowest BCUT2D eigenvalue weighted by atomic mass is 9.97. The van der Waals surface area contributed by atoms with E-state index in [0.717, 1.165) is 17.7 Å². The molecular formula is C32H55N3O7. The summed E-state index contributed by atoms with van der Waals surface area (Å²) in [6.45, 7) is 10.3. The Morgan fingerprint density at radius 2 is 1.31 bits per heavy atom. The number of nitrogens with zero attached hydrogens (tertiary/aromatic N) is 1. The van der Waals surface area contributed by atoms with Crippen molar-refractivity contribution in [1.82, 2.24) is 15.5 Å². The summed E-state index contributed by atoms with van der Waals surface area (Å²) in [6.07, 6.45) is 15.3. The molecule has 0 radical (unpaired) electrons. The Morgan fingerprint density at radius 1 is 0.762 bits per heavy atom. The van der Waals surface area contributed by atoms with Crippen molar-refractivity contribution in [3.8, 4) is 0 Å². The van der Waals surface area contributed by atoms with Crippen LogP contribution in [0.15, 0.2) is 12.2 Å². The average molecular weight is 594 g/mol. The molecular weight excluding hydrogens is 538 g/mol. The summed E-state index contributed by atoms with van der Waals surface area (Å²) in [5.41, 5.74) is -0.773. The maximum Gasteiger partial charge on any atom is 0.253 e. The van der Waals surface area contributed by atoms with Gasteiger partial charge in [-0.25, -0.2) is 0 Å². The largest absolute Gasteiger partial charge is 0.380 e. The van der Waals surface area contributed by atoms with Crippen molar-refractivity contribution in [2.24, 2.45) is 0 Å². The molecule has 10 heteroatoms. The molecule has 4 amide bonds. The molecule has 0 aromatic rings. The van der Waals surface area contributed by atoms with E-state index in [-0.39, 0.29) is 42.2 Å². The summed E-state index contributed by atoms with van der Waals surface area (Å²) in [7, 11) is 0. The lowest BCUT2D eigenvalue weighted by molar-refractivity contribution is -0.137. The molecule has 1 heterocycles. The fourth-order valence-corrected chi connectivity index (χ4v) is 5.03. The van der Waals surface area contributed by atoms with Crippen LogP contribution in [0.5, 0.6) is 0 Å². The van der Waals surface area contributed by atoms with E-state index in [1.807, 2.05) is 27.7 Å². The number of rotatable bonds is 18. The van der Waals surface area contributed by atoms with E-state index in [1.54, 1.807) is 0 Å². The van der Waals surface area contributed by atoms with Crippen molar-refractivity contribution in [2.45, 2.75) is 128 Å². The zero-order valence-electron chi connectivity index (χ0n) is 26.5. The Hall–Kier alpha value is -2.30. The first-order chi connectivity index (χ1) is 20.0. The number of imide groups is 1. The number of nitrogens with one attached hydrogen (secondary N) is 2. The molecule has 0 spiro atoms. The summed E-state index contributed by atoms with van der Waals surface area (Å²) in [6, 6.07) is 0.297. The molecule has 0 bridgehead atoms. The Kier molecular flexibility index (Phi) is 16.3. The van der Waals surface area contributed by atoms with Crippen molar-refractivity contribution in [3.63, 3.8) is 0 Å². The molecule has 1 aliphatic carbocycles. The highest BCUT2D eigenvalue weighted by Crippen LogP contribution is 2.20. The standard InChI is InChI=1S/C32H55N3O7/c1-31(2,18-23-40-25-20-33-27(36)16-21-35-29(38)14-15-30(35)39)42-24-19-32(3,4)41-22-17-28(37)34-26-12-10-8-6-5-7-9-11-13-26/h14-15,26H,5-13,16-25H2,1-4H3,(H,33,36)(H,34,37). The first-order valence-electron chi connectivity index (χ1n) is 15.9. The van der Waals surface area contributed by atoms with Crippen LogP contribution in [0.3, 0.4) is 0 Å². The van der Waals surface area contributed by atoms with Gasteiger partial charge in [-0.2, -0.15) is 0 Å². The highest BCUT2D eigenvalue weighted by molar-refractivity contribution is 6.13. The van der Waals surface area contributed by atoms with Gasteiger partial charge in [-0.1, -0.05) is 44.9 Å². The van der Waals surface area contributed by atoms with Gasteiger partial charge in [-0.3, -0.25) is 24.1 Å². The van der Waals surface area contributed by atoms with Gasteiger partial charge in [0.05, 0.1) is 31.0 Å². The first-order valence-corrected chi connectivity index (χ1v) is 15.9. The Labute approximate surface area is 252 Å². The number of hydrogen-bond donors (Lipinski definition) is 2. The zero-order valence-corrected chi connectivity index (χ0v) is 26.5. The predicted molar refractivity (Wildman–Crippen MR) is 162 cm³/mol. The highest BCUT2D eigenvalue weighted by Gasteiger charge is 2.24. The maximum atomic E-state index is 12.5. The van der Waals surface area contributed by atoms with Gasteiger partial charge in [0, 0.05) is 50.7 Å². The van der Waals surface area contributed by atoms with Crippen LogP contribution in [0.2, 0.25) is 0 Å². The van der Waals surface area contributed by atoms with Crippen LogP contribution < -0.4 is 10.6 Å². The second-order valence-electron chi connectivity index (χ2n) is 12.7. The lowest BCUT2D eigenvalue weighted by Gasteiger charge is -2.30. The Balaban J connectivity index is 1.50. The molecule has 2 aliphatic rings. The third-order valence-electron chi connectivity index (χ3n) is 7.87. The minimum absolute atomic E-state index is 0.0632. The van der Waals surface area contributed by atoms with Crippen molar-refractivity contribution >= 4 is 23.6 Å². The van der Waals surface area contributed by atoms with Crippen LogP contribution in [-0.4, -0.2) is 85.3 Å². The lowest BCUT2D eigenvalue weighted by Crippen LogP contribution is -2.36. The minimum Gasteiger partial charge on any atom is -0.380 e. The number of ether oxygens (including phenoxy) is 3. The van der Waals surface area contributed by atoms with E-state index in [1.165, 1.54) is 57.1 Å². The average Bonchev–Trinajstić information content (AvgIpc) is 3.24. The summed E-state index contributed by atoms with van der Waals surface area (Å²) in [5, 5.41) is 5.97. The molecule has 1 saturated carbocycles. The second-order valence-corrected chi connectivity index (χ2v) is 12.7. The molecule has 10 nitrogen and oxygen atoms in total. The first kappa shape index (κ1) is 35.9. The maximum absolute atomic E-state index is 12.5. The van der Waals surface area contributed by atoms with Crippen LogP contribution in [0, 0.1) is 0 Å². The van der Waals surface area contributed by atoms with Crippen molar-refractivity contribution in [2.75, 3.05) is 39.5 Å². The van der Waals surface area contributed by atoms with E-state index in [2.05, 4.69) is 10.6 Å². The van der Waals surface area contributed by atoms with Gasteiger partial charge in [0.15, 0.2) is 0 Å². The second kappa shape index (κ2) is 19.1. The van der Waals surface area contributed by atoms with Crippen molar-refractivity contribution in [3.05, 3.63) is 12.2 Å². The molecule has 42 heavy (non-hydrogen) atoms. The van der Waals surface area contributed by atoms with Crippen LogP contribution in [-0.2, 0) is 33.4 Å². The monoisotopic (exact) mass is 593 g/mol. The molecule has 0 atom stereocenters. The minimum atomic E-state index is -0.396. The van der Waals surface area contributed by atoms with Crippen LogP contribution >= 0.6 is 0 Å². The number of amides is 4. The van der Waals surface area contributed by atoms with Gasteiger partial charge >= 0.3 is 0 Å². The molecule has 1 aliphatic heterocycles. The molecule has 2 N–H and O–H groups in total. The molecule has 240 valence electrons. The van der Waals surface area contributed by atoms with E-state index in [0.29, 0.717) is 58.3 Å². The fraction of sp³-hybridized carbons (Fsp3) is 0.812. The molecule has 1 fully saturated rings. The normalized spacial score (nSPS) is 17.5. The molecule has 2 rings (SSSR count). The van der Waals surface area contributed by atoms with E-state index < -0.39 is 5.60 Å². The van der Waals surface area contributed by atoms with E-state index in [4.69, 9.17) is 14.2 Å². The van der Waals surface area contributed by atoms with Crippen LogP contribution in [0.4, 0.5) is 0 Å². The summed E-state index contributed by atoms with van der Waals surface area (Å²) in [5.74, 6) is -0.928. The Morgan fingerprint density at radius 3 is 1.93 bits per heavy atom. The van der Waals surface area contributed by atoms with Crippen LogP contribution in [0.1, 0.15) is 111 Å². The quantitative estimate of drug-likeness (QED) is 0.180.